The van der Waals surface area contributed by atoms with Gasteiger partial charge >= 0.3 is 5.69 Å². The van der Waals surface area contributed by atoms with Gasteiger partial charge in [0.25, 0.3) is 5.56 Å². The van der Waals surface area contributed by atoms with E-state index in [0.717, 1.165) is 15.0 Å². The molecule has 0 bridgehead atoms. The minimum Gasteiger partial charge on any atom is -0.492 e. The molecule has 0 aliphatic heterocycles. The number of aromatic amines is 1. The Labute approximate surface area is 98.8 Å². The van der Waals surface area contributed by atoms with Crippen molar-refractivity contribution in [3.8, 4) is 5.88 Å². The molecule has 2 aromatic heterocycles. The molecule has 0 spiro atoms. The van der Waals surface area contributed by atoms with Gasteiger partial charge in [-0.05, 0) is 23.9 Å². The van der Waals surface area contributed by atoms with Crippen LogP contribution in [0.2, 0.25) is 0 Å². The van der Waals surface area contributed by atoms with Gasteiger partial charge in [0.1, 0.15) is 0 Å². The Hall–Kier alpha value is -1.89. The Balaban J connectivity index is 2.54. The van der Waals surface area contributed by atoms with E-state index in [1.165, 1.54) is 11.3 Å². The predicted octanol–water partition coefficient (Wildman–Crippen LogP) is 0.800. The van der Waals surface area contributed by atoms with Crippen molar-refractivity contribution >= 4 is 11.3 Å². The first-order valence-electron chi connectivity index (χ1n) is 4.75. The SMILES string of the molecule is Cc1ccsc1Cn1c(O)c(F)c(=O)[nH]c1=O. The second kappa shape index (κ2) is 4.17. The van der Waals surface area contributed by atoms with Crippen LogP contribution >= 0.6 is 11.3 Å². The maximum atomic E-state index is 13.2. The zero-order valence-electron chi connectivity index (χ0n) is 8.86. The third-order valence-electron chi connectivity index (χ3n) is 2.39. The molecule has 0 amide bonds. The molecule has 2 N–H and O–H groups in total. The fourth-order valence-corrected chi connectivity index (χ4v) is 2.29. The Bertz CT molecular complexity index is 671. The maximum Gasteiger partial charge on any atom is 0.331 e. The summed E-state index contributed by atoms with van der Waals surface area (Å²) in [5.74, 6) is -2.29. The van der Waals surface area contributed by atoms with Gasteiger partial charge in [0, 0.05) is 4.88 Å². The number of halogens is 1. The van der Waals surface area contributed by atoms with E-state index in [2.05, 4.69) is 0 Å². The molecule has 0 aliphatic rings. The molecular formula is C10H9FN2O3S. The number of thiophene rings is 1. The average Bonchev–Trinajstić information content (AvgIpc) is 2.67. The van der Waals surface area contributed by atoms with Gasteiger partial charge in [-0.2, -0.15) is 4.39 Å². The molecule has 0 radical (unpaired) electrons. The van der Waals surface area contributed by atoms with E-state index >= 15 is 0 Å². The highest BCUT2D eigenvalue weighted by Crippen LogP contribution is 2.18. The maximum absolute atomic E-state index is 13.2. The zero-order valence-corrected chi connectivity index (χ0v) is 9.68. The summed E-state index contributed by atoms with van der Waals surface area (Å²) in [6.07, 6.45) is 0. The normalized spacial score (nSPS) is 10.7. The zero-order chi connectivity index (χ0) is 12.6. The van der Waals surface area contributed by atoms with E-state index in [1.54, 1.807) is 4.98 Å². The van der Waals surface area contributed by atoms with Gasteiger partial charge < -0.3 is 5.11 Å². The quantitative estimate of drug-likeness (QED) is 0.834. The van der Waals surface area contributed by atoms with E-state index in [0.29, 0.717) is 0 Å². The summed E-state index contributed by atoms with van der Waals surface area (Å²) in [6, 6.07) is 1.85. The standard InChI is InChI=1S/C10H9FN2O3S/c1-5-2-3-17-6(5)4-13-9(15)7(11)8(14)12-10(13)16/h2-3,15H,4H2,1H3,(H,12,14,16). The predicted molar refractivity (Wildman–Crippen MR) is 61.1 cm³/mol. The number of hydrogen-bond acceptors (Lipinski definition) is 4. The summed E-state index contributed by atoms with van der Waals surface area (Å²) in [5.41, 5.74) is -1.11. The second-order valence-corrected chi connectivity index (χ2v) is 4.51. The minimum atomic E-state index is -1.35. The van der Waals surface area contributed by atoms with E-state index in [-0.39, 0.29) is 6.54 Å². The van der Waals surface area contributed by atoms with Gasteiger partial charge in [-0.15, -0.1) is 11.3 Å². The van der Waals surface area contributed by atoms with E-state index in [1.807, 2.05) is 18.4 Å². The molecular weight excluding hydrogens is 247 g/mol. The van der Waals surface area contributed by atoms with Gasteiger partial charge in [-0.1, -0.05) is 0 Å². The number of aromatic hydroxyl groups is 1. The van der Waals surface area contributed by atoms with Crippen LogP contribution in [0.1, 0.15) is 10.4 Å². The molecule has 2 heterocycles. The number of nitrogens with one attached hydrogen (secondary N) is 1. The van der Waals surface area contributed by atoms with Crippen LogP contribution in [-0.2, 0) is 6.54 Å². The first kappa shape index (κ1) is 11.6. The number of aryl methyl sites for hydroxylation is 1. The summed E-state index contributed by atoms with van der Waals surface area (Å²) in [5, 5.41) is 11.2. The first-order valence-corrected chi connectivity index (χ1v) is 5.63. The fourth-order valence-electron chi connectivity index (χ4n) is 1.39. The van der Waals surface area contributed by atoms with Gasteiger partial charge in [0.05, 0.1) is 6.54 Å². The molecule has 7 heteroatoms. The Morgan fingerprint density at radius 3 is 2.82 bits per heavy atom. The molecule has 0 saturated carbocycles. The lowest BCUT2D eigenvalue weighted by molar-refractivity contribution is 0.368. The van der Waals surface area contributed by atoms with Crippen LogP contribution in [0, 0.1) is 12.7 Å². The summed E-state index contributed by atoms with van der Waals surface area (Å²) in [4.78, 5) is 24.9. The van der Waals surface area contributed by atoms with Crippen LogP contribution in [0.4, 0.5) is 4.39 Å². The molecule has 0 saturated heterocycles. The summed E-state index contributed by atoms with van der Waals surface area (Å²) in [7, 11) is 0. The van der Waals surface area contributed by atoms with E-state index < -0.39 is 22.9 Å². The highest BCUT2D eigenvalue weighted by molar-refractivity contribution is 7.10. The summed E-state index contributed by atoms with van der Waals surface area (Å²) in [6.45, 7) is 1.87. The van der Waals surface area contributed by atoms with Crippen molar-refractivity contribution in [2.75, 3.05) is 0 Å². The molecule has 0 aromatic carbocycles. The van der Waals surface area contributed by atoms with Crippen molar-refractivity contribution in [2.45, 2.75) is 13.5 Å². The van der Waals surface area contributed by atoms with Gasteiger partial charge in [-0.25, -0.2) is 4.79 Å². The molecule has 0 unspecified atom stereocenters. The summed E-state index contributed by atoms with van der Waals surface area (Å²) >= 11 is 1.39. The Morgan fingerprint density at radius 2 is 2.24 bits per heavy atom. The monoisotopic (exact) mass is 256 g/mol. The van der Waals surface area contributed by atoms with Gasteiger partial charge in [0.2, 0.25) is 11.7 Å². The van der Waals surface area contributed by atoms with Crippen molar-refractivity contribution in [1.82, 2.24) is 9.55 Å². The van der Waals surface area contributed by atoms with Gasteiger partial charge in [0.15, 0.2) is 0 Å². The molecule has 0 fully saturated rings. The Morgan fingerprint density at radius 1 is 1.53 bits per heavy atom. The van der Waals surface area contributed by atoms with E-state index in [4.69, 9.17) is 0 Å². The number of H-pyrrole nitrogens is 1. The number of hydrogen-bond donors (Lipinski definition) is 2. The lowest BCUT2D eigenvalue weighted by Gasteiger charge is -2.07. The Kier molecular flexibility index (Phi) is 2.84. The lowest BCUT2D eigenvalue weighted by atomic mass is 10.3. The van der Waals surface area contributed by atoms with Crippen LogP contribution in [0.15, 0.2) is 21.0 Å². The molecule has 0 atom stereocenters. The molecule has 90 valence electrons. The van der Waals surface area contributed by atoms with E-state index in [9.17, 15) is 19.1 Å². The van der Waals surface area contributed by atoms with Crippen molar-refractivity contribution < 1.29 is 9.50 Å². The van der Waals surface area contributed by atoms with Crippen LogP contribution in [0.3, 0.4) is 0 Å². The largest absolute Gasteiger partial charge is 0.492 e. The van der Waals surface area contributed by atoms with Crippen LogP contribution in [-0.4, -0.2) is 14.7 Å². The highest BCUT2D eigenvalue weighted by Gasteiger charge is 2.14. The highest BCUT2D eigenvalue weighted by atomic mass is 32.1. The molecule has 5 nitrogen and oxygen atoms in total. The minimum absolute atomic E-state index is 0.0296. The van der Waals surface area contributed by atoms with Crippen molar-refractivity contribution in [1.29, 1.82) is 0 Å². The first-order chi connectivity index (χ1) is 8.00. The molecule has 17 heavy (non-hydrogen) atoms. The fraction of sp³-hybridized carbons (Fsp3) is 0.200. The number of nitrogens with zero attached hydrogens (tertiary/aromatic N) is 1. The third kappa shape index (κ3) is 2.01. The molecule has 0 aliphatic carbocycles. The lowest BCUT2D eigenvalue weighted by Crippen LogP contribution is -2.32. The smallest absolute Gasteiger partial charge is 0.331 e. The average molecular weight is 256 g/mol. The van der Waals surface area contributed by atoms with Crippen molar-refractivity contribution in [2.24, 2.45) is 0 Å². The third-order valence-corrected chi connectivity index (χ3v) is 3.39. The van der Waals surface area contributed by atoms with Crippen LogP contribution in [0.25, 0.3) is 0 Å². The molecule has 2 rings (SSSR count). The number of aromatic nitrogens is 2. The summed E-state index contributed by atoms with van der Waals surface area (Å²) < 4.78 is 13.9. The van der Waals surface area contributed by atoms with Gasteiger partial charge in [-0.3, -0.25) is 14.3 Å². The number of rotatable bonds is 2. The van der Waals surface area contributed by atoms with Crippen LogP contribution in [0.5, 0.6) is 5.88 Å². The second-order valence-electron chi connectivity index (χ2n) is 3.51. The topological polar surface area (TPSA) is 75.1 Å². The van der Waals surface area contributed by atoms with Crippen LogP contribution < -0.4 is 11.2 Å². The van der Waals surface area contributed by atoms with Crippen molar-refractivity contribution in [3.63, 3.8) is 0 Å². The molecule has 2 aromatic rings. The van der Waals surface area contributed by atoms with Crippen molar-refractivity contribution in [3.05, 3.63) is 48.5 Å².